The lowest BCUT2D eigenvalue weighted by atomic mass is 10.2. The zero-order valence-corrected chi connectivity index (χ0v) is 16.6. The molecule has 0 spiro atoms. The van der Waals surface area contributed by atoms with E-state index in [0.717, 1.165) is 22.0 Å². The van der Waals surface area contributed by atoms with Crippen molar-refractivity contribution in [1.82, 2.24) is 15.2 Å². The average molecular weight is 427 g/mol. The summed E-state index contributed by atoms with van der Waals surface area (Å²) in [7, 11) is 0. The smallest absolute Gasteiger partial charge is 0.277 e. The number of thiazole rings is 1. The summed E-state index contributed by atoms with van der Waals surface area (Å²) < 4.78 is 6.48. The monoisotopic (exact) mass is 426 g/mol. The number of aliphatic hydroxyl groups excluding tert-OH is 1. The van der Waals surface area contributed by atoms with Gasteiger partial charge < -0.3 is 9.52 Å². The maximum absolute atomic E-state index is 10.4. The second-order valence-corrected chi connectivity index (χ2v) is 7.99. The third kappa shape index (κ3) is 3.87. The predicted octanol–water partition coefficient (Wildman–Crippen LogP) is 5.58. The van der Waals surface area contributed by atoms with Crippen LogP contribution in [-0.2, 0) is 0 Å². The Morgan fingerprint density at radius 1 is 1.21 bits per heavy atom. The number of aromatic nitrogens is 3. The molecule has 0 aliphatic carbocycles. The number of hydrogen-bond donors (Lipinski definition) is 1. The highest BCUT2D eigenvalue weighted by Gasteiger charge is 2.16. The predicted molar refractivity (Wildman–Crippen MR) is 110 cm³/mol. The van der Waals surface area contributed by atoms with E-state index < -0.39 is 0 Å². The molecular weight excluding hydrogens is 416 g/mol. The van der Waals surface area contributed by atoms with Crippen LogP contribution >= 0.6 is 34.7 Å². The number of benzene rings is 2. The number of nitriles is 1. The molecule has 0 saturated carbocycles. The fourth-order valence-corrected chi connectivity index (χ4v) is 4.18. The van der Waals surface area contributed by atoms with Gasteiger partial charge >= 0.3 is 0 Å². The molecular formula is C19H11ClN4O2S2. The fraction of sp³-hybridized carbons (Fsp3) is 0.0526. The lowest BCUT2D eigenvalue weighted by Gasteiger charge is -1.99. The maximum Gasteiger partial charge on any atom is 0.277 e. The summed E-state index contributed by atoms with van der Waals surface area (Å²) >= 11 is 8.45. The summed E-state index contributed by atoms with van der Waals surface area (Å²) in [6, 6.07) is 16.7. The Morgan fingerprint density at radius 3 is 2.82 bits per heavy atom. The van der Waals surface area contributed by atoms with Crippen molar-refractivity contribution in [2.45, 2.75) is 5.22 Å². The Balaban J connectivity index is 1.53. The minimum absolute atomic E-state index is 0.0999. The molecule has 0 radical (unpaired) electrons. The van der Waals surface area contributed by atoms with Crippen LogP contribution in [-0.4, -0.2) is 26.0 Å². The zero-order chi connectivity index (χ0) is 19.5. The van der Waals surface area contributed by atoms with E-state index in [2.05, 4.69) is 15.2 Å². The zero-order valence-electron chi connectivity index (χ0n) is 14.2. The van der Waals surface area contributed by atoms with Gasteiger partial charge in [-0.15, -0.1) is 21.5 Å². The normalized spacial score (nSPS) is 12.0. The van der Waals surface area contributed by atoms with Crippen molar-refractivity contribution in [1.29, 1.82) is 5.26 Å². The lowest BCUT2D eigenvalue weighted by Crippen LogP contribution is -1.92. The summed E-state index contributed by atoms with van der Waals surface area (Å²) in [5.74, 6) is 0.406. The van der Waals surface area contributed by atoms with E-state index in [4.69, 9.17) is 16.0 Å². The second kappa shape index (κ2) is 8.02. The van der Waals surface area contributed by atoms with E-state index in [-0.39, 0.29) is 17.1 Å². The van der Waals surface area contributed by atoms with Crippen LogP contribution in [0.1, 0.15) is 5.01 Å². The first-order chi connectivity index (χ1) is 13.6. The minimum atomic E-state index is -0.0999. The largest absolute Gasteiger partial charge is 0.510 e. The van der Waals surface area contributed by atoms with Crippen molar-refractivity contribution in [2.24, 2.45) is 0 Å². The van der Waals surface area contributed by atoms with Gasteiger partial charge in [0.25, 0.3) is 5.22 Å². The molecule has 2 aromatic carbocycles. The number of fused-ring (bicyclic) bond motifs is 1. The van der Waals surface area contributed by atoms with E-state index >= 15 is 0 Å². The van der Waals surface area contributed by atoms with Crippen LogP contribution in [0.4, 0.5) is 0 Å². The Hall–Kier alpha value is -2.86. The van der Waals surface area contributed by atoms with E-state index in [9.17, 15) is 10.4 Å². The number of aliphatic hydroxyl groups is 1. The van der Waals surface area contributed by atoms with Gasteiger partial charge in [-0.1, -0.05) is 41.6 Å². The van der Waals surface area contributed by atoms with Crippen LogP contribution < -0.4 is 0 Å². The number of hydrogen-bond acceptors (Lipinski definition) is 8. The van der Waals surface area contributed by atoms with Gasteiger partial charge in [0.15, 0.2) is 0 Å². The van der Waals surface area contributed by atoms with Crippen molar-refractivity contribution < 1.29 is 9.52 Å². The van der Waals surface area contributed by atoms with Crippen LogP contribution in [0.5, 0.6) is 0 Å². The first-order valence-electron chi connectivity index (χ1n) is 8.04. The molecule has 4 aromatic rings. The highest BCUT2D eigenvalue weighted by molar-refractivity contribution is 7.99. The third-order valence-corrected chi connectivity index (χ3v) is 5.84. The maximum atomic E-state index is 10.4. The summed E-state index contributed by atoms with van der Waals surface area (Å²) in [5.41, 5.74) is 1.62. The van der Waals surface area contributed by atoms with Gasteiger partial charge in [-0.05, 0) is 30.3 Å². The van der Waals surface area contributed by atoms with Gasteiger partial charge in [-0.2, -0.15) is 5.26 Å². The third-order valence-electron chi connectivity index (χ3n) is 3.72. The second-order valence-electron chi connectivity index (χ2n) is 5.59. The van der Waals surface area contributed by atoms with Crippen LogP contribution in [0.3, 0.4) is 0 Å². The van der Waals surface area contributed by atoms with Gasteiger partial charge in [0.2, 0.25) is 5.89 Å². The molecule has 0 atom stereocenters. The average Bonchev–Trinajstić information content (AvgIpc) is 3.34. The van der Waals surface area contributed by atoms with Gasteiger partial charge in [-0.3, -0.25) is 0 Å². The van der Waals surface area contributed by atoms with Crippen LogP contribution in [0, 0.1) is 11.3 Å². The van der Waals surface area contributed by atoms with Gasteiger partial charge in [-0.25, -0.2) is 4.98 Å². The van der Waals surface area contributed by atoms with E-state index in [1.165, 1.54) is 11.3 Å². The standard InChI is InChI=1S/C19H11ClN4O2S2/c20-12-6-7-16-14(8-12)22-18(28-16)13(9-21)15(25)10-27-19-24-23-17(26-19)11-4-2-1-3-5-11/h1-8,25H,10H2. The molecule has 0 bridgehead atoms. The van der Waals surface area contributed by atoms with Gasteiger partial charge in [0.05, 0.1) is 16.0 Å². The number of allylic oxidation sites excluding steroid dienone is 1. The van der Waals surface area contributed by atoms with Crippen LogP contribution in [0.15, 0.2) is 63.9 Å². The molecule has 6 nitrogen and oxygen atoms in total. The Labute approximate surface area is 173 Å². The Morgan fingerprint density at radius 2 is 2.04 bits per heavy atom. The van der Waals surface area contributed by atoms with Crippen molar-refractivity contribution in [3.05, 3.63) is 64.3 Å². The Kier molecular flexibility index (Phi) is 5.30. The molecule has 2 heterocycles. The summed E-state index contributed by atoms with van der Waals surface area (Å²) in [6.45, 7) is 0. The van der Waals surface area contributed by atoms with E-state index in [0.29, 0.717) is 26.7 Å². The molecule has 0 amide bonds. The lowest BCUT2D eigenvalue weighted by molar-refractivity contribution is 0.419. The SMILES string of the molecule is N#CC(=C(O)CSc1nnc(-c2ccccc2)o1)c1nc2cc(Cl)ccc2s1. The molecule has 1 N–H and O–H groups in total. The highest BCUT2D eigenvalue weighted by Crippen LogP contribution is 2.31. The number of nitrogens with zero attached hydrogens (tertiary/aromatic N) is 4. The Bertz CT molecular complexity index is 1210. The summed E-state index contributed by atoms with van der Waals surface area (Å²) in [5, 5.41) is 29.2. The van der Waals surface area contributed by atoms with Crippen LogP contribution in [0.25, 0.3) is 27.2 Å². The molecule has 9 heteroatoms. The first-order valence-corrected chi connectivity index (χ1v) is 10.2. The molecule has 0 unspecified atom stereocenters. The minimum Gasteiger partial charge on any atom is -0.510 e. The summed E-state index contributed by atoms with van der Waals surface area (Å²) in [6.07, 6.45) is 0. The quantitative estimate of drug-likeness (QED) is 0.252. The van der Waals surface area contributed by atoms with Gasteiger partial charge in [0.1, 0.15) is 22.4 Å². The van der Waals surface area contributed by atoms with Crippen molar-refractivity contribution in [3.63, 3.8) is 0 Å². The van der Waals surface area contributed by atoms with Gasteiger partial charge in [0, 0.05) is 10.6 Å². The molecule has 4 rings (SSSR count). The number of halogens is 1. The summed E-state index contributed by atoms with van der Waals surface area (Å²) in [4.78, 5) is 4.40. The first kappa shape index (κ1) is 18.5. The molecule has 0 aliphatic heterocycles. The molecule has 0 aliphatic rings. The highest BCUT2D eigenvalue weighted by atomic mass is 35.5. The van der Waals surface area contributed by atoms with Crippen molar-refractivity contribution in [3.8, 4) is 17.5 Å². The van der Waals surface area contributed by atoms with E-state index in [1.807, 2.05) is 42.5 Å². The number of thioether (sulfide) groups is 1. The molecule has 138 valence electrons. The molecule has 28 heavy (non-hydrogen) atoms. The van der Waals surface area contributed by atoms with E-state index in [1.54, 1.807) is 12.1 Å². The van der Waals surface area contributed by atoms with Crippen molar-refractivity contribution >= 4 is 50.5 Å². The van der Waals surface area contributed by atoms with Crippen LogP contribution in [0.2, 0.25) is 5.02 Å². The topological polar surface area (TPSA) is 95.8 Å². The molecule has 0 saturated heterocycles. The van der Waals surface area contributed by atoms with Crippen molar-refractivity contribution in [2.75, 3.05) is 5.75 Å². The molecule has 2 aromatic heterocycles. The molecule has 0 fully saturated rings. The number of rotatable bonds is 5. The fourth-order valence-electron chi connectivity index (χ4n) is 2.41.